The van der Waals surface area contributed by atoms with Gasteiger partial charge in [-0.2, -0.15) is 0 Å². The molecule has 2 rings (SSSR count). The van der Waals surface area contributed by atoms with E-state index in [4.69, 9.17) is 5.11 Å². The number of carbonyl (C=O) groups excluding carboxylic acids is 1. The van der Waals surface area contributed by atoms with Crippen molar-refractivity contribution in [1.82, 2.24) is 5.32 Å². The second-order valence-electron chi connectivity index (χ2n) is 5.16. The van der Waals surface area contributed by atoms with E-state index in [9.17, 15) is 14.0 Å². The van der Waals surface area contributed by atoms with Crippen LogP contribution in [0.4, 0.5) is 4.39 Å². The Morgan fingerprint density at radius 2 is 2.00 bits per heavy atom. The van der Waals surface area contributed by atoms with Gasteiger partial charge in [0, 0.05) is 23.1 Å². The summed E-state index contributed by atoms with van der Waals surface area (Å²) in [5.74, 6) is -0.384. The van der Waals surface area contributed by atoms with Gasteiger partial charge in [-0.15, -0.1) is 11.8 Å². The third-order valence-electron chi connectivity index (χ3n) is 3.34. The number of thioether (sulfide) groups is 1. The highest BCUT2D eigenvalue weighted by atomic mass is 32.2. The molecule has 4 nitrogen and oxygen atoms in total. The van der Waals surface area contributed by atoms with Crippen LogP contribution in [0.1, 0.15) is 25.7 Å². The topological polar surface area (TPSA) is 66.4 Å². The maximum Gasteiger partial charge on any atom is 0.305 e. The van der Waals surface area contributed by atoms with Gasteiger partial charge in [-0.3, -0.25) is 9.59 Å². The SMILES string of the molecule is O=C(O)CC(NC(=O)CCSc1ccc(F)cc1)C1CC1. The molecule has 114 valence electrons. The minimum atomic E-state index is -0.882. The molecule has 21 heavy (non-hydrogen) atoms. The van der Waals surface area contributed by atoms with Crippen LogP contribution in [-0.4, -0.2) is 28.8 Å². The van der Waals surface area contributed by atoms with Crippen molar-refractivity contribution in [2.24, 2.45) is 5.92 Å². The molecule has 6 heteroatoms. The zero-order chi connectivity index (χ0) is 15.2. The Bertz CT molecular complexity index is 502. The van der Waals surface area contributed by atoms with Crippen molar-refractivity contribution < 1.29 is 19.1 Å². The Hall–Kier alpha value is -1.56. The lowest BCUT2D eigenvalue weighted by atomic mass is 10.1. The summed E-state index contributed by atoms with van der Waals surface area (Å²) in [4.78, 5) is 23.5. The van der Waals surface area contributed by atoms with E-state index in [2.05, 4.69) is 5.32 Å². The maximum absolute atomic E-state index is 12.7. The van der Waals surface area contributed by atoms with Crippen molar-refractivity contribution in [3.8, 4) is 0 Å². The fourth-order valence-corrected chi connectivity index (χ4v) is 2.95. The van der Waals surface area contributed by atoms with Gasteiger partial charge in [0.05, 0.1) is 6.42 Å². The van der Waals surface area contributed by atoms with Crippen LogP contribution in [0.15, 0.2) is 29.2 Å². The first kappa shape index (κ1) is 15.8. The average molecular weight is 311 g/mol. The number of aliphatic carboxylic acids is 1. The molecule has 1 fully saturated rings. The molecule has 0 bridgehead atoms. The summed E-state index contributed by atoms with van der Waals surface area (Å²) in [5, 5.41) is 11.6. The van der Waals surface area contributed by atoms with E-state index in [1.54, 1.807) is 12.1 Å². The fourth-order valence-electron chi connectivity index (χ4n) is 2.09. The summed E-state index contributed by atoms with van der Waals surface area (Å²) >= 11 is 1.48. The van der Waals surface area contributed by atoms with E-state index in [1.165, 1.54) is 23.9 Å². The van der Waals surface area contributed by atoms with Crippen molar-refractivity contribution in [3.63, 3.8) is 0 Å². The normalized spacial score (nSPS) is 15.5. The molecule has 1 aliphatic rings. The molecule has 1 amide bonds. The molecule has 1 aliphatic carbocycles. The molecule has 1 aromatic carbocycles. The number of hydrogen-bond acceptors (Lipinski definition) is 3. The first-order chi connectivity index (χ1) is 10.0. The quantitative estimate of drug-likeness (QED) is 0.724. The molecule has 0 aliphatic heterocycles. The Morgan fingerprint density at radius 3 is 2.57 bits per heavy atom. The van der Waals surface area contributed by atoms with E-state index in [-0.39, 0.29) is 24.2 Å². The van der Waals surface area contributed by atoms with E-state index >= 15 is 0 Å². The molecule has 0 aromatic heterocycles. The highest BCUT2D eigenvalue weighted by molar-refractivity contribution is 7.99. The smallest absolute Gasteiger partial charge is 0.305 e. The maximum atomic E-state index is 12.7. The number of hydrogen-bond donors (Lipinski definition) is 2. The summed E-state index contributed by atoms with van der Waals surface area (Å²) in [6, 6.07) is 5.88. The van der Waals surface area contributed by atoms with Crippen molar-refractivity contribution in [3.05, 3.63) is 30.1 Å². The number of carboxylic acid groups (broad SMARTS) is 1. The number of carboxylic acids is 1. The average Bonchev–Trinajstić information content (AvgIpc) is 3.24. The first-order valence-corrected chi connectivity index (χ1v) is 7.92. The fraction of sp³-hybridized carbons (Fsp3) is 0.467. The molecule has 2 N–H and O–H groups in total. The van der Waals surface area contributed by atoms with E-state index in [0.29, 0.717) is 18.1 Å². The molecular weight excluding hydrogens is 293 g/mol. The molecule has 0 radical (unpaired) electrons. The lowest BCUT2D eigenvalue weighted by molar-refractivity contribution is -0.137. The van der Waals surface area contributed by atoms with Gasteiger partial charge < -0.3 is 10.4 Å². The number of carbonyl (C=O) groups is 2. The monoisotopic (exact) mass is 311 g/mol. The molecule has 1 unspecified atom stereocenters. The zero-order valence-corrected chi connectivity index (χ0v) is 12.4. The van der Waals surface area contributed by atoms with Crippen molar-refractivity contribution >= 4 is 23.6 Å². The summed E-state index contributed by atoms with van der Waals surface area (Å²) in [6.07, 6.45) is 2.29. The van der Waals surface area contributed by atoms with Crippen LogP contribution in [0.5, 0.6) is 0 Å². The summed E-state index contributed by atoms with van der Waals surface area (Å²) in [5.41, 5.74) is 0. The van der Waals surface area contributed by atoms with Crippen LogP contribution in [0.25, 0.3) is 0 Å². The molecule has 0 spiro atoms. The van der Waals surface area contributed by atoms with Gasteiger partial charge >= 0.3 is 5.97 Å². The summed E-state index contributed by atoms with van der Waals surface area (Å²) < 4.78 is 12.7. The Morgan fingerprint density at radius 1 is 1.33 bits per heavy atom. The van der Waals surface area contributed by atoms with Crippen molar-refractivity contribution in [2.45, 2.75) is 36.6 Å². The van der Waals surface area contributed by atoms with Gasteiger partial charge in [0.2, 0.25) is 5.91 Å². The minimum absolute atomic E-state index is 0.0124. The first-order valence-electron chi connectivity index (χ1n) is 6.94. The predicted molar refractivity (Wildman–Crippen MR) is 78.6 cm³/mol. The molecule has 1 atom stereocenters. The largest absolute Gasteiger partial charge is 0.481 e. The second kappa shape index (κ2) is 7.45. The van der Waals surface area contributed by atoms with Crippen LogP contribution < -0.4 is 5.32 Å². The second-order valence-corrected chi connectivity index (χ2v) is 6.33. The molecule has 1 saturated carbocycles. The van der Waals surface area contributed by atoms with E-state index in [0.717, 1.165) is 17.7 Å². The molecule has 0 heterocycles. The van der Waals surface area contributed by atoms with E-state index in [1.807, 2.05) is 0 Å². The van der Waals surface area contributed by atoms with Gasteiger partial charge in [0.15, 0.2) is 0 Å². The highest BCUT2D eigenvalue weighted by Gasteiger charge is 2.33. The van der Waals surface area contributed by atoms with E-state index < -0.39 is 5.97 Å². The Labute approximate surface area is 127 Å². The van der Waals surface area contributed by atoms with Gasteiger partial charge in [0.25, 0.3) is 0 Å². The minimum Gasteiger partial charge on any atom is -0.481 e. The lowest BCUT2D eigenvalue weighted by Gasteiger charge is -2.16. The molecular formula is C15H18FNO3S. The standard InChI is InChI=1S/C15H18FNO3S/c16-11-3-5-12(6-4-11)21-8-7-14(18)17-13(9-15(19)20)10-1-2-10/h3-6,10,13H,1-2,7-9H2,(H,17,18)(H,19,20). The summed E-state index contributed by atoms with van der Waals surface area (Å²) in [6.45, 7) is 0. The predicted octanol–water partition coefficient (Wildman–Crippen LogP) is 2.68. The summed E-state index contributed by atoms with van der Waals surface area (Å²) in [7, 11) is 0. The Kier molecular flexibility index (Phi) is 5.61. The number of amides is 1. The van der Waals surface area contributed by atoms with Gasteiger partial charge in [-0.25, -0.2) is 4.39 Å². The van der Waals surface area contributed by atoms with Crippen LogP contribution in [-0.2, 0) is 9.59 Å². The van der Waals surface area contributed by atoms with Crippen LogP contribution >= 0.6 is 11.8 Å². The van der Waals surface area contributed by atoms with Gasteiger partial charge in [-0.1, -0.05) is 0 Å². The molecule has 1 aromatic rings. The Balaban J connectivity index is 1.71. The highest BCUT2D eigenvalue weighted by Crippen LogP contribution is 2.34. The number of halogens is 1. The molecule has 0 saturated heterocycles. The lowest BCUT2D eigenvalue weighted by Crippen LogP contribution is -2.38. The third-order valence-corrected chi connectivity index (χ3v) is 4.36. The van der Waals surface area contributed by atoms with Crippen LogP contribution in [0, 0.1) is 11.7 Å². The number of rotatable bonds is 8. The van der Waals surface area contributed by atoms with Gasteiger partial charge in [-0.05, 0) is 43.0 Å². The number of nitrogens with one attached hydrogen (secondary N) is 1. The van der Waals surface area contributed by atoms with Crippen molar-refractivity contribution in [2.75, 3.05) is 5.75 Å². The van der Waals surface area contributed by atoms with Crippen LogP contribution in [0.3, 0.4) is 0 Å². The van der Waals surface area contributed by atoms with Crippen LogP contribution in [0.2, 0.25) is 0 Å². The van der Waals surface area contributed by atoms with Gasteiger partial charge in [0.1, 0.15) is 5.82 Å². The zero-order valence-electron chi connectivity index (χ0n) is 11.5. The van der Waals surface area contributed by atoms with Crippen molar-refractivity contribution in [1.29, 1.82) is 0 Å². The number of benzene rings is 1. The third kappa shape index (κ3) is 5.75.